The molecule has 0 spiro atoms. The third-order valence-electron chi connectivity index (χ3n) is 3.51. The first kappa shape index (κ1) is 15.7. The van der Waals surface area contributed by atoms with Crippen molar-refractivity contribution in [1.82, 2.24) is 4.90 Å². The van der Waals surface area contributed by atoms with E-state index in [0.717, 1.165) is 12.8 Å². The van der Waals surface area contributed by atoms with E-state index in [4.69, 9.17) is 4.74 Å². The maximum atomic E-state index is 12.4. The van der Waals surface area contributed by atoms with Gasteiger partial charge in [-0.25, -0.2) is 0 Å². The van der Waals surface area contributed by atoms with E-state index in [9.17, 15) is 13.6 Å². The number of amides is 1. The van der Waals surface area contributed by atoms with Gasteiger partial charge in [0.1, 0.15) is 5.75 Å². The normalized spacial score (nSPS) is 18.9. The Hall–Kier alpha value is -1.69. The Balaban J connectivity index is 2.05. The van der Waals surface area contributed by atoms with E-state index in [0.29, 0.717) is 31.2 Å². The molecule has 1 aliphatic rings. The Morgan fingerprint density at radius 3 is 3.00 bits per heavy atom. The Morgan fingerprint density at radius 1 is 1.48 bits per heavy atom. The van der Waals surface area contributed by atoms with Gasteiger partial charge in [-0.15, -0.1) is 0 Å². The molecule has 2 rings (SSSR count). The van der Waals surface area contributed by atoms with Crippen LogP contribution in [-0.2, 0) is 4.74 Å². The van der Waals surface area contributed by atoms with Crippen LogP contribution in [-0.4, -0.2) is 44.2 Å². The summed E-state index contributed by atoms with van der Waals surface area (Å²) in [5.41, 5.74) is 0.367. The number of likely N-dealkylation sites (tertiary alicyclic amines) is 1. The van der Waals surface area contributed by atoms with Crippen LogP contribution in [0.1, 0.15) is 23.2 Å². The zero-order valence-corrected chi connectivity index (χ0v) is 11.9. The molecule has 1 fully saturated rings. The number of benzene rings is 1. The van der Waals surface area contributed by atoms with Gasteiger partial charge in [0.05, 0.1) is 6.61 Å². The van der Waals surface area contributed by atoms with Crippen molar-refractivity contribution < 1.29 is 23.0 Å². The molecule has 0 unspecified atom stereocenters. The zero-order valence-electron chi connectivity index (χ0n) is 11.9. The third kappa shape index (κ3) is 4.39. The smallest absolute Gasteiger partial charge is 0.387 e. The summed E-state index contributed by atoms with van der Waals surface area (Å²) in [5.74, 6) is 0.171. The lowest BCUT2D eigenvalue weighted by Gasteiger charge is -2.32. The number of alkyl halides is 2. The SMILES string of the molecule is COC[C@H]1CCCN(C(=O)c2cccc(OC(F)F)c2)C1. The maximum Gasteiger partial charge on any atom is 0.387 e. The van der Waals surface area contributed by atoms with Gasteiger partial charge in [-0.05, 0) is 37.0 Å². The molecule has 0 aromatic heterocycles. The van der Waals surface area contributed by atoms with Crippen molar-refractivity contribution in [2.24, 2.45) is 5.92 Å². The lowest BCUT2D eigenvalue weighted by molar-refractivity contribution is -0.0499. The fraction of sp³-hybridized carbons (Fsp3) is 0.533. The largest absolute Gasteiger partial charge is 0.435 e. The fourth-order valence-electron chi connectivity index (χ4n) is 2.61. The molecule has 1 atom stereocenters. The van der Waals surface area contributed by atoms with Gasteiger partial charge in [0.25, 0.3) is 5.91 Å². The lowest BCUT2D eigenvalue weighted by Crippen LogP contribution is -2.41. The molecule has 0 N–H and O–H groups in total. The number of methoxy groups -OCH3 is 1. The topological polar surface area (TPSA) is 38.8 Å². The number of carbonyl (C=O) groups is 1. The Labute approximate surface area is 122 Å². The number of hydrogen-bond acceptors (Lipinski definition) is 3. The first-order valence-electron chi connectivity index (χ1n) is 6.93. The molecule has 0 saturated carbocycles. The van der Waals surface area contributed by atoms with E-state index in [1.54, 1.807) is 24.1 Å². The van der Waals surface area contributed by atoms with Crippen LogP contribution in [0, 0.1) is 5.92 Å². The van der Waals surface area contributed by atoms with Crippen LogP contribution < -0.4 is 4.74 Å². The standard InChI is InChI=1S/C15H19F2NO3/c1-20-10-11-4-3-7-18(9-11)14(19)12-5-2-6-13(8-12)21-15(16)17/h2,5-6,8,11,15H,3-4,7,9-10H2,1H3/t11-/m0/s1. The highest BCUT2D eigenvalue weighted by Gasteiger charge is 2.24. The van der Waals surface area contributed by atoms with E-state index in [-0.39, 0.29) is 11.7 Å². The van der Waals surface area contributed by atoms with Crippen molar-refractivity contribution in [3.8, 4) is 5.75 Å². The summed E-state index contributed by atoms with van der Waals surface area (Å²) in [6, 6.07) is 5.92. The molecule has 1 aliphatic heterocycles. The molecule has 0 radical (unpaired) electrons. The van der Waals surface area contributed by atoms with Gasteiger partial charge in [-0.3, -0.25) is 4.79 Å². The Bertz CT molecular complexity index is 480. The Morgan fingerprint density at radius 2 is 2.29 bits per heavy atom. The number of piperidine rings is 1. The van der Waals surface area contributed by atoms with Gasteiger partial charge in [0, 0.05) is 25.8 Å². The summed E-state index contributed by atoms with van der Waals surface area (Å²) in [5, 5.41) is 0. The first-order valence-corrected chi connectivity index (χ1v) is 6.93. The molecule has 1 aromatic rings. The predicted molar refractivity (Wildman–Crippen MR) is 73.6 cm³/mol. The highest BCUT2D eigenvalue weighted by molar-refractivity contribution is 5.94. The number of ether oxygens (including phenoxy) is 2. The minimum Gasteiger partial charge on any atom is -0.435 e. The average molecular weight is 299 g/mol. The number of carbonyl (C=O) groups excluding carboxylic acids is 1. The average Bonchev–Trinajstić information content (AvgIpc) is 2.47. The fourth-order valence-corrected chi connectivity index (χ4v) is 2.61. The van der Waals surface area contributed by atoms with Crippen LogP contribution in [0.3, 0.4) is 0 Å². The van der Waals surface area contributed by atoms with Crippen LogP contribution in [0.15, 0.2) is 24.3 Å². The molecular formula is C15H19F2NO3. The van der Waals surface area contributed by atoms with Crippen molar-refractivity contribution >= 4 is 5.91 Å². The number of rotatable bonds is 5. The highest BCUT2D eigenvalue weighted by atomic mass is 19.3. The number of hydrogen-bond donors (Lipinski definition) is 0. The van der Waals surface area contributed by atoms with Gasteiger partial charge < -0.3 is 14.4 Å². The van der Waals surface area contributed by atoms with Gasteiger partial charge in [-0.2, -0.15) is 8.78 Å². The van der Waals surface area contributed by atoms with Crippen molar-refractivity contribution in [2.45, 2.75) is 19.5 Å². The van der Waals surface area contributed by atoms with Crippen LogP contribution in [0.25, 0.3) is 0 Å². The second-order valence-electron chi connectivity index (χ2n) is 5.12. The molecule has 1 heterocycles. The van der Waals surface area contributed by atoms with Crippen LogP contribution in [0.4, 0.5) is 8.78 Å². The first-order chi connectivity index (χ1) is 10.1. The lowest BCUT2D eigenvalue weighted by atomic mass is 9.98. The molecule has 21 heavy (non-hydrogen) atoms. The van der Waals surface area contributed by atoms with Crippen molar-refractivity contribution in [3.63, 3.8) is 0 Å². The molecule has 0 aliphatic carbocycles. The molecule has 1 aromatic carbocycles. The molecular weight excluding hydrogens is 280 g/mol. The molecule has 116 valence electrons. The van der Waals surface area contributed by atoms with Gasteiger partial charge in [0.2, 0.25) is 0 Å². The number of halogens is 2. The van der Waals surface area contributed by atoms with Crippen molar-refractivity contribution in [2.75, 3.05) is 26.8 Å². The minimum atomic E-state index is -2.89. The molecule has 1 amide bonds. The quantitative estimate of drug-likeness (QED) is 0.839. The van der Waals surface area contributed by atoms with E-state index < -0.39 is 6.61 Å². The summed E-state index contributed by atoms with van der Waals surface area (Å²) >= 11 is 0. The summed E-state index contributed by atoms with van der Waals surface area (Å²) in [4.78, 5) is 14.2. The summed E-state index contributed by atoms with van der Waals surface area (Å²) < 4.78 is 33.9. The van der Waals surface area contributed by atoms with Crippen molar-refractivity contribution in [3.05, 3.63) is 29.8 Å². The van der Waals surface area contributed by atoms with Gasteiger partial charge in [0.15, 0.2) is 0 Å². The predicted octanol–water partition coefficient (Wildman–Crippen LogP) is 2.79. The van der Waals surface area contributed by atoms with Gasteiger partial charge in [-0.1, -0.05) is 6.07 Å². The third-order valence-corrected chi connectivity index (χ3v) is 3.51. The minimum absolute atomic E-state index is 0.00120. The molecule has 1 saturated heterocycles. The van der Waals surface area contributed by atoms with E-state index in [2.05, 4.69) is 4.74 Å². The van der Waals surface area contributed by atoms with Gasteiger partial charge >= 0.3 is 6.61 Å². The summed E-state index contributed by atoms with van der Waals surface area (Å²) in [6.07, 6.45) is 1.96. The maximum absolute atomic E-state index is 12.4. The van der Waals surface area contributed by atoms with Crippen LogP contribution in [0.5, 0.6) is 5.75 Å². The van der Waals surface area contributed by atoms with Crippen LogP contribution in [0.2, 0.25) is 0 Å². The molecule has 6 heteroatoms. The second kappa shape index (κ2) is 7.36. The summed E-state index contributed by atoms with van der Waals surface area (Å²) in [6.45, 7) is -0.958. The summed E-state index contributed by atoms with van der Waals surface area (Å²) in [7, 11) is 1.64. The Kier molecular flexibility index (Phi) is 5.50. The highest BCUT2D eigenvalue weighted by Crippen LogP contribution is 2.21. The van der Waals surface area contributed by atoms with E-state index in [1.807, 2.05) is 0 Å². The molecule has 4 nitrogen and oxygen atoms in total. The van der Waals surface area contributed by atoms with E-state index >= 15 is 0 Å². The zero-order chi connectivity index (χ0) is 15.2. The second-order valence-corrected chi connectivity index (χ2v) is 5.12. The van der Waals surface area contributed by atoms with E-state index in [1.165, 1.54) is 12.1 Å². The van der Waals surface area contributed by atoms with Crippen LogP contribution >= 0.6 is 0 Å². The number of nitrogens with zero attached hydrogens (tertiary/aromatic N) is 1. The van der Waals surface area contributed by atoms with Crippen molar-refractivity contribution in [1.29, 1.82) is 0 Å². The molecule has 0 bridgehead atoms. The monoisotopic (exact) mass is 299 g/mol.